The molecule has 3 rings (SSSR count). The summed E-state index contributed by atoms with van der Waals surface area (Å²) in [6.07, 6.45) is -4.64. The van der Waals surface area contributed by atoms with Gasteiger partial charge >= 0.3 is 6.18 Å². The van der Waals surface area contributed by atoms with Crippen LogP contribution in [0.15, 0.2) is 76.2 Å². The normalized spacial score (nSPS) is 12.9. The van der Waals surface area contributed by atoms with Gasteiger partial charge in [-0.1, -0.05) is 42.5 Å². The average Bonchev–Trinajstić information content (AvgIpc) is 3.16. The van der Waals surface area contributed by atoms with Gasteiger partial charge in [-0.05, 0) is 29.8 Å². The Hall–Kier alpha value is -3.39. The fourth-order valence-corrected chi connectivity index (χ4v) is 2.43. The van der Waals surface area contributed by atoms with E-state index in [1.54, 1.807) is 30.3 Å². The number of aliphatic hydroxyl groups is 1. The molecule has 2 N–H and O–H groups in total. The third kappa shape index (κ3) is 4.66. The lowest BCUT2D eigenvalue weighted by molar-refractivity contribution is -0.137. The van der Waals surface area contributed by atoms with Crippen LogP contribution in [0.1, 0.15) is 23.0 Å². The van der Waals surface area contributed by atoms with Crippen LogP contribution in [0.4, 0.5) is 13.2 Å². The number of rotatable bonds is 5. The molecule has 0 fully saturated rings. The molecule has 2 aromatic carbocycles. The van der Waals surface area contributed by atoms with Crippen LogP contribution in [0, 0.1) is 0 Å². The lowest BCUT2D eigenvalue weighted by Crippen LogP contribution is -2.25. The largest absolute Gasteiger partial charge is 0.455 e. The number of aliphatic hydroxyl groups excluding tert-OH is 1. The lowest BCUT2D eigenvalue weighted by Gasteiger charge is -2.08. The molecule has 0 bridgehead atoms. The molecular weight excluding hydrogens is 373 g/mol. The first kappa shape index (κ1) is 19.4. The number of carbonyl (C=O) groups is 1. The van der Waals surface area contributed by atoms with Gasteiger partial charge in [0.25, 0.3) is 5.91 Å². The summed E-state index contributed by atoms with van der Waals surface area (Å²) in [6, 6.07) is 16.1. The molecule has 3 aromatic rings. The van der Waals surface area contributed by atoms with Gasteiger partial charge in [0.1, 0.15) is 11.5 Å². The van der Waals surface area contributed by atoms with E-state index in [1.165, 1.54) is 30.5 Å². The number of amides is 1. The van der Waals surface area contributed by atoms with Gasteiger partial charge in [-0.25, -0.2) is 5.43 Å². The van der Waals surface area contributed by atoms with E-state index in [2.05, 4.69) is 10.5 Å². The summed E-state index contributed by atoms with van der Waals surface area (Å²) in [4.78, 5) is 11.9. The van der Waals surface area contributed by atoms with Crippen LogP contribution >= 0.6 is 0 Å². The molecule has 0 unspecified atom stereocenters. The summed E-state index contributed by atoms with van der Waals surface area (Å²) in [5.41, 5.74) is 2.08. The maximum Gasteiger partial charge on any atom is 0.416 e. The van der Waals surface area contributed by atoms with Crippen LogP contribution < -0.4 is 5.43 Å². The van der Waals surface area contributed by atoms with Crippen molar-refractivity contribution in [2.45, 2.75) is 12.3 Å². The molecule has 0 saturated heterocycles. The van der Waals surface area contributed by atoms with Crippen molar-refractivity contribution in [1.29, 1.82) is 0 Å². The van der Waals surface area contributed by atoms with E-state index in [1.807, 2.05) is 0 Å². The fourth-order valence-electron chi connectivity index (χ4n) is 2.43. The molecule has 8 heteroatoms. The maximum atomic E-state index is 12.8. The highest BCUT2D eigenvalue weighted by atomic mass is 19.4. The van der Waals surface area contributed by atoms with Crippen molar-refractivity contribution in [1.82, 2.24) is 5.43 Å². The Labute approximate surface area is 158 Å². The van der Waals surface area contributed by atoms with E-state index < -0.39 is 23.8 Å². The Kier molecular flexibility index (Phi) is 5.60. The molecule has 0 spiro atoms. The molecule has 0 aliphatic carbocycles. The predicted octanol–water partition coefficient (Wildman–Crippen LogP) is 4.15. The summed E-state index contributed by atoms with van der Waals surface area (Å²) in [7, 11) is 0. The van der Waals surface area contributed by atoms with Gasteiger partial charge in [0, 0.05) is 5.56 Å². The summed E-state index contributed by atoms with van der Waals surface area (Å²) < 4.78 is 43.9. The maximum absolute atomic E-state index is 12.8. The number of hydrazone groups is 1. The van der Waals surface area contributed by atoms with Gasteiger partial charge in [0.15, 0.2) is 6.10 Å². The summed E-state index contributed by atoms with van der Waals surface area (Å²) >= 11 is 0. The van der Waals surface area contributed by atoms with Crippen LogP contribution in [0.3, 0.4) is 0 Å². The van der Waals surface area contributed by atoms with Crippen molar-refractivity contribution in [3.8, 4) is 11.3 Å². The van der Waals surface area contributed by atoms with Gasteiger partial charge in [0.05, 0.1) is 11.8 Å². The number of halogens is 3. The first-order valence-corrected chi connectivity index (χ1v) is 8.18. The molecule has 0 aliphatic heterocycles. The Morgan fingerprint density at radius 1 is 1.07 bits per heavy atom. The Morgan fingerprint density at radius 2 is 1.82 bits per heavy atom. The van der Waals surface area contributed by atoms with Crippen LogP contribution in [0.5, 0.6) is 0 Å². The van der Waals surface area contributed by atoms with Crippen LogP contribution in [-0.2, 0) is 11.0 Å². The number of hydrogen-bond donors (Lipinski definition) is 2. The highest BCUT2D eigenvalue weighted by molar-refractivity contribution is 5.84. The molecular formula is C20H15F3N2O3. The second kappa shape index (κ2) is 8.10. The fraction of sp³-hybridized carbons (Fsp3) is 0.100. The molecule has 0 radical (unpaired) electrons. The van der Waals surface area contributed by atoms with E-state index in [-0.39, 0.29) is 17.1 Å². The van der Waals surface area contributed by atoms with Gasteiger partial charge in [-0.3, -0.25) is 4.79 Å². The number of benzene rings is 2. The second-order valence-electron chi connectivity index (χ2n) is 5.83. The topological polar surface area (TPSA) is 74.8 Å². The number of nitrogens with one attached hydrogen (secondary N) is 1. The first-order valence-electron chi connectivity index (χ1n) is 8.18. The van der Waals surface area contributed by atoms with Crippen LogP contribution in [0.2, 0.25) is 0 Å². The van der Waals surface area contributed by atoms with E-state index >= 15 is 0 Å². The van der Waals surface area contributed by atoms with E-state index in [0.29, 0.717) is 5.56 Å². The van der Waals surface area contributed by atoms with Gasteiger partial charge < -0.3 is 9.52 Å². The summed E-state index contributed by atoms with van der Waals surface area (Å²) in [6.45, 7) is 0. The summed E-state index contributed by atoms with van der Waals surface area (Å²) in [5.74, 6) is -0.280. The van der Waals surface area contributed by atoms with Gasteiger partial charge in [-0.15, -0.1) is 0 Å². The number of carbonyl (C=O) groups excluding carboxylic acids is 1. The quantitative estimate of drug-likeness (QED) is 0.509. The van der Waals surface area contributed by atoms with Gasteiger partial charge in [0.2, 0.25) is 0 Å². The van der Waals surface area contributed by atoms with Crippen LogP contribution in [0.25, 0.3) is 11.3 Å². The zero-order chi connectivity index (χ0) is 20.1. The highest BCUT2D eigenvalue weighted by Crippen LogP contribution is 2.32. The van der Waals surface area contributed by atoms with Crippen molar-refractivity contribution in [3.63, 3.8) is 0 Å². The second-order valence-corrected chi connectivity index (χ2v) is 5.83. The number of alkyl halides is 3. The highest BCUT2D eigenvalue weighted by Gasteiger charge is 2.30. The molecule has 144 valence electrons. The molecule has 1 atom stereocenters. The van der Waals surface area contributed by atoms with Crippen molar-refractivity contribution in [2.24, 2.45) is 5.10 Å². The summed E-state index contributed by atoms with van der Waals surface area (Å²) in [5, 5.41) is 13.6. The number of furan rings is 1. The minimum atomic E-state index is -4.45. The molecule has 0 saturated carbocycles. The monoisotopic (exact) mass is 388 g/mol. The van der Waals surface area contributed by atoms with Gasteiger partial charge in [-0.2, -0.15) is 18.3 Å². The van der Waals surface area contributed by atoms with E-state index in [4.69, 9.17) is 4.42 Å². The van der Waals surface area contributed by atoms with E-state index in [9.17, 15) is 23.1 Å². The Bertz CT molecular complexity index is 982. The molecule has 0 aliphatic rings. The molecule has 5 nitrogen and oxygen atoms in total. The molecule has 1 amide bonds. The number of hydrogen-bond acceptors (Lipinski definition) is 4. The third-order valence-corrected chi connectivity index (χ3v) is 3.83. The zero-order valence-electron chi connectivity index (χ0n) is 14.4. The minimum Gasteiger partial charge on any atom is -0.455 e. The minimum absolute atomic E-state index is 0.224. The first-order chi connectivity index (χ1) is 13.3. The van der Waals surface area contributed by atoms with Crippen molar-refractivity contribution < 1.29 is 27.5 Å². The predicted molar refractivity (Wildman–Crippen MR) is 96.3 cm³/mol. The van der Waals surface area contributed by atoms with Crippen molar-refractivity contribution in [2.75, 3.05) is 0 Å². The average molecular weight is 388 g/mol. The zero-order valence-corrected chi connectivity index (χ0v) is 14.4. The number of nitrogens with zero attached hydrogens (tertiary/aromatic N) is 1. The van der Waals surface area contributed by atoms with Crippen molar-refractivity contribution >= 4 is 12.1 Å². The van der Waals surface area contributed by atoms with E-state index in [0.717, 1.165) is 12.1 Å². The smallest absolute Gasteiger partial charge is 0.416 e. The Morgan fingerprint density at radius 3 is 2.54 bits per heavy atom. The lowest BCUT2D eigenvalue weighted by atomic mass is 10.1. The standard InChI is InChI=1S/C20H15F3N2O3/c21-20(22,23)15-8-4-7-14(11-15)17-10-9-16(28-17)12-24-25-19(27)18(26)13-5-2-1-3-6-13/h1-12,18,26H,(H,25,27)/b24-12-/t18-/m1/s1. The van der Waals surface area contributed by atoms with Crippen molar-refractivity contribution in [3.05, 3.63) is 83.6 Å². The SMILES string of the molecule is O=C(N/N=C\c1ccc(-c2cccc(C(F)(F)F)c2)o1)[C@H](O)c1ccccc1. The third-order valence-electron chi connectivity index (χ3n) is 3.83. The molecule has 1 heterocycles. The molecule has 28 heavy (non-hydrogen) atoms. The Balaban J connectivity index is 1.66. The molecule has 1 aromatic heterocycles. The van der Waals surface area contributed by atoms with Crippen LogP contribution in [-0.4, -0.2) is 17.2 Å².